The summed E-state index contributed by atoms with van der Waals surface area (Å²) >= 11 is 0. The smallest absolute Gasteiger partial charge is 0.0803 e. The predicted octanol–water partition coefficient (Wildman–Crippen LogP) is 19.6. The van der Waals surface area contributed by atoms with Crippen LogP contribution in [0.25, 0.3) is 90.8 Å². The lowest BCUT2D eigenvalue weighted by atomic mass is 9.79. The van der Waals surface area contributed by atoms with Gasteiger partial charge in [-0.15, -0.1) is 0 Å². The Kier molecular flexibility index (Phi) is 12.3. The average molecular weight is 939 g/mol. The molecule has 72 heavy (non-hydrogen) atoms. The van der Waals surface area contributed by atoms with Crippen molar-refractivity contribution in [3.8, 4) is 33.6 Å². The van der Waals surface area contributed by atoms with Gasteiger partial charge < -0.3 is 9.13 Å². The van der Waals surface area contributed by atoms with E-state index in [0.717, 1.165) is 11.4 Å². The van der Waals surface area contributed by atoms with Gasteiger partial charge in [-0.2, -0.15) is 0 Å². The Morgan fingerprint density at radius 3 is 0.875 bits per heavy atom. The first kappa shape index (κ1) is 48.2. The summed E-state index contributed by atoms with van der Waals surface area (Å²) in [6, 6.07) is 67.9. The van der Waals surface area contributed by atoms with E-state index in [0.29, 0.717) is 0 Å². The molecule has 0 atom stereocenters. The van der Waals surface area contributed by atoms with Gasteiger partial charge in [0.1, 0.15) is 0 Å². The van der Waals surface area contributed by atoms with Gasteiger partial charge in [-0.25, -0.2) is 0 Å². The zero-order chi connectivity index (χ0) is 50.7. The number of nitrogens with zero attached hydrogens (tertiary/aromatic N) is 2. The molecule has 0 aliphatic rings. The van der Waals surface area contributed by atoms with Crippen molar-refractivity contribution in [2.24, 2.45) is 0 Å². The number of benzene rings is 8. The van der Waals surface area contributed by atoms with Gasteiger partial charge in [0.2, 0.25) is 0 Å². The summed E-state index contributed by atoms with van der Waals surface area (Å²) in [5.74, 6) is 0. The quantitative estimate of drug-likeness (QED) is 0.134. The summed E-state index contributed by atoms with van der Waals surface area (Å²) in [6.07, 6.45) is 9.03. The molecular formula is C70H70N2. The number of hydrogen-bond acceptors (Lipinski definition) is 0. The Hall–Kier alpha value is -7.42. The monoisotopic (exact) mass is 939 g/mol. The SMILES string of the molecule is CC(C)(C)c1cc(/C=C/c2ccc(-c3ccc4c(c3)n(-c3ccccc3)c3c5ccc(-c6ccc(/C=C/c7cc(C(C)(C)C)cc(C(C)(C)C)c7)cc6)cc5n(-c5ccccc5)c43)cc2)cc(C(C)(C)C)c1. The molecule has 0 amide bonds. The van der Waals surface area contributed by atoms with E-state index in [2.05, 4.69) is 299 Å². The van der Waals surface area contributed by atoms with Gasteiger partial charge in [0.05, 0.1) is 22.1 Å². The second-order valence-corrected chi connectivity index (χ2v) is 24.1. The third kappa shape index (κ3) is 9.68. The van der Waals surface area contributed by atoms with Crippen molar-refractivity contribution in [2.75, 3.05) is 0 Å². The van der Waals surface area contributed by atoms with Crippen LogP contribution in [0.3, 0.4) is 0 Å². The number of fused-ring (bicyclic) bond motifs is 5. The predicted molar refractivity (Wildman–Crippen MR) is 314 cm³/mol. The van der Waals surface area contributed by atoms with Crippen molar-refractivity contribution in [3.05, 3.63) is 226 Å². The van der Waals surface area contributed by atoms with Crippen LogP contribution in [0.15, 0.2) is 182 Å². The molecule has 0 spiro atoms. The van der Waals surface area contributed by atoms with Crippen LogP contribution in [0.4, 0.5) is 0 Å². The molecule has 2 heterocycles. The maximum atomic E-state index is 2.48. The highest BCUT2D eigenvalue weighted by molar-refractivity contribution is 6.20. The second kappa shape index (κ2) is 18.3. The summed E-state index contributed by atoms with van der Waals surface area (Å²) in [5.41, 5.74) is 22.4. The number of para-hydroxylation sites is 2. The van der Waals surface area contributed by atoms with Crippen LogP contribution in [0.5, 0.6) is 0 Å². The average Bonchev–Trinajstić information content (AvgIpc) is 3.86. The van der Waals surface area contributed by atoms with Crippen molar-refractivity contribution >= 4 is 57.1 Å². The first-order valence-corrected chi connectivity index (χ1v) is 25.8. The molecule has 2 aromatic heterocycles. The van der Waals surface area contributed by atoms with Gasteiger partial charge >= 0.3 is 0 Å². The van der Waals surface area contributed by atoms with Gasteiger partial charge in [-0.05, 0) is 125 Å². The van der Waals surface area contributed by atoms with Gasteiger partial charge in [0, 0.05) is 22.1 Å². The highest BCUT2D eigenvalue weighted by atomic mass is 15.1. The van der Waals surface area contributed by atoms with Crippen molar-refractivity contribution < 1.29 is 0 Å². The van der Waals surface area contributed by atoms with Crippen LogP contribution >= 0.6 is 0 Å². The summed E-state index contributed by atoms with van der Waals surface area (Å²) in [7, 11) is 0. The van der Waals surface area contributed by atoms with Crippen LogP contribution in [0, 0.1) is 0 Å². The van der Waals surface area contributed by atoms with E-state index in [-0.39, 0.29) is 21.7 Å². The van der Waals surface area contributed by atoms with Crippen LogP contribution in [-0.2, 0) is 21.7 Å². The molecule has 0 unspecified atom stereocenters. The standard InChI is InChI=1S/C70H70N2/c1-67(2,3)55-39-49(40-56(45-55)68(4,5)6)25-23-47-27-31-51(32-28-47)53-35-37-61-63(43-53)71(59-19-15-13-16-20-59)66-62-38-36-54(44-64(62)72(65(61)66)60-21-17-14-18-22-60)52-33-29-48(30-34-52)24-26-50-41-57(69(7,8)9)46-58(42-50)70(10,11)12/h13-46H,1-12H3/b25-23+,26-24+. The molecule has 0 N–H and O–H groups in total. The highest BCUT2D eigenvalue weighted by Crippen LogP contribution is 2.43. The minimum Gasteiger partial charge on any atom is -0.307 e. The third-order valence-corrected chi connectivity index (χ3v) is 14.5. The van der Waals surface area contributed by atoms with E-state index in [1.54, 1.807) is 0 Å². The van der Waals surface area contributed by atoms with Crippen molar-refractivity contribution in [3.63, 3.8) is 0 Å². The minimum atomic E-state index is 0.0740. The molecule has 0 radical (unpaired) electrons. The molecule has 0 fully saturated rings. The second-order valence-electron chi connectivity index (χ2n) is 24.1. The number of rotatable bonds is 8. The van der Waals surface area contributed by atoms with Gasteiger partial charge in [-0.1, -0.05) is 253 Å². The van der Waals surface area contributed by atoms with E-state index in [9.17, 15) is 0 Å². The summed E-state index contributed by atoms with van der Waals surface area (Å²) < 4.78 is 4.96. The molecule has 360 valence electrons. The van der Waals surface area contributed by atoms with E-state index >= 15 is 0 Å². The molecule has 10 aromatic rings. The first-order chi connectivity index (χ1) is 34.2. The van der Waals surface area contributed by atoms with Crippen LogP contribution in [0.2, 0.25) is 0 Å². The minimum absolute atomic E-state index is 0.0740. The lowest BCUT2D eigenvalue weighted by Gasteiger charge is -2.25. The summed E-state index contributed by atoms with van der Waals surface area (Å²) in [6.45, 7) is 27.6. The molecule has 2 heteroatoms. The lowest BCUT2D eigenvalue weighted by molar-refractivity contribution is 0.568. The summed E-state index contributed by atoms with van der Waals surface area (Å²) in [5, 5.41) is 2.43. The van der Waals surface area contributed by atoms with Crippen molar-refractivity contribution in [2.45, 2.75) is 105 Å². The van der Waals surface area contributed by atoms with E-state index in [1.165, 1.54) is 99.6 Å². The zero-order valence-corrected chi connectivity index (χ0v) is 44.5. The molecule has 0 bridgehead atoms. The Balaban J connectivity index is 1.03. The Morgan fingerprint density at radius 1 is 0.278 bits per heavy atom. The maximum Gasteiger partial charge on any atom is 0.0803 e. The van der Waals surface area contributed by atoms with Crippen LogP contribution in [-0.4, -0.2) is 9.13 Å². The number of hydrogen-bond donors (Lipinski definition) is 0. The largest absolute Gasteiger partial charge is 0.307 e. The Labute approximate surface area is 429 Å². The molecule has 0 aliphatic carbocycles. The first-order valence-electron chi connectivity index (χ1n) is 25.8. The lowest BCUT2D eigenvalue weighted by Crippen LogP contribution is -2.16. The zero-order valence-electron chi connectivity index (χ0n) is 44.5. The molecule has 0 aliphatic heterocycles. The molecule has 0 saturated carbocycles. The van der Waals surface area contributed by atoms with E-state index in [4.69, 9.17) is 0 Å². The third-order valence-electron chi connectivity index (χ3n) is 14.5. The molecular weight excluding hydrogens is 869 g/mol. The van der Waals surface area contributed by atoms with Crippen molar-refractivity contribution in [1.82, 2.24) is 9.13 Å². The molecule has 10 rings (SSSR count). The molecule has 8 aromatic carbocycles. The fraction of sp³-hybridized carbons (Fsp3) is 0.229. The fourth-order valence-electron chi connectivity index (χ4n) is 10.0. The maximum absolute atomic E-state index is 2.48. The Bertz CT molecular complexity index is 3350. The molecule has 2 nitrogen and oxygen atoms in total. The normalized spacial score (nSPS) is 12.9. The highest BCUT2D eigenvalue weighted by Gasteiger charge is 2.25. The van der Waals surface area contributed by atoms with Crippen LogP contribution < -0.4 is 0 Å². The van der Waals surface area contributed by atoms with Gasteiger partial charge in [-0.3, -0.25) is 0 Å². The van der Waals surface area contributed by atoms with Gasteiger partial charge in [0.25, 0.3) is 0 Å². The summed E-state index contributed by atoms with van der Waals surface area (Å²) in [4.78, 5) is 0. The fourth-order valence-corrected chi connectivity index (χ4v) is 10.0. The van der Waals surface area contributed by atoms with Gasteiger partial charge in [0.15, 0.2) is 0 Å². The van der Waals surface area contributed by atoms with Crippen molar-refractivity contribution in [1.29, 1.82) is 0 Å². The molecule has 0 saturated heterocycles. The number of aromatic nitrogens is 2. The van der Waals surface area contributed by atoms with Crippen LogP contribution in [0.1, 0.15) is 128 Å². The Morgan fingerprint density at radius 2 is 0.569 bits per heavy atom. The van der Waals surface area contributed by atoms with E-state index < -0.39 is 0 Å². The van der Waals surface area contributed by atoms with E-state index in [1.807, 2.05) is 0 Å². The topological polar surface area (TPSA) is 9.86 Å².